The third kappa shape index (κ3) is 2.90. The molecular weight excluding hydrogens is 258 g/mol. The van der Waals surface area contributed by atoms with E-state index in [9.17, 15) is 4.79 Å². The Labute approximate surface area is 115 Å². The number of hydrogen-bond acceptors (Lipinski definition) is 3. The van der Waals surface area contributed by atoms with Crippen LogP contribution in [0.3, 0.4) is 0 Å². The van der Waals surface area contributed by atoms with E-state index in [2.05, 4.69) is 5.32 Å². The van der Waals surface area contributed by atoms with E-state index in [0.717, 1.165) is 22.2 Å². The molecule has 0 aromatic heterocycles. The van der Waals surface area contributed by atoms with Crippen molar-refractivity contribution in [1.29, 1.82) is 0 Å². The van der Waals surface area contributed by atoms with Crippen molar-refractivity contribution in [2.45, 2.75) is 6.10 Å². The van der Waals surface area contributed by atoms with E-state index in [1.54, 1.807) is 11.8 Å². The zero-order valence-corrected chi connectivity index (χ0v) is 11.0. The third-order valence-corrected chi connectivity index (χ3v) is 3.77. The summed E-state index contributed by atoms with van der Waals surface area (Å²) in [7, 11) is 0. The van der Waals surface area contributed by atoms with Crippen molar-refractivity contribution in [3.05, 3.63) is 53.9 Å². The first-order valence-corrected chi connectivity index (χ1v) is 7.11. The van der Waals surface area contributed by atoms with E-state index in [0.29, 0.717) is 0 Å². The average molecular weight is 271 g/mol. The summed E-state index contributed by atoms with van der Waals surface area (Å²) >= 11 is 1.65. The van der Waals surface area contributed by atoms with Crippen LogP contribution in [0.4, 0.5) is 10.5 Å². The maximum atomic E-state index is 11.7. The van der Waals surface area contributed by atoms with Crippen molar-refractivity contribution >= 4 is 34.3 Å². The first-order chi connectivity index (χ1) is 9.31. The second-order valence-electron chi connectivity index (χ2n) is 4.29. The second-order valence-corrected chi connectivity index (χ2v) is 5.23. The molecule has 0 spiro atoms. The molecule has 19 heavy (non-hydrogen) atoms. The highest BCUT2D eigenvalue weighted by molar-refractivity contribution is 8.02. The van der Waals surface area contributed by atoms with Crippen LogP contribution in [0.2, 0.25) is 0 Å². The SMILES string of the molecule is O=C(Nc1ccc2ccccc2c1)OC1C=CSC1. The molecule has 2 aromatic carbocycles. The number of rotatable bonds is 2. The largest absolute Gasteiger partial charge is 0.441 e. The van der Waals surface area contributed by atoms with E-state index in [1.807, 2.05) is 53.9 Å². The van der Waals surface area contributed by atoms with E-state index < -0.39 is 6.09 Å². The van der Waals surface area contributed by atoms with Gasteiger partial charge in [0.15, 0.2) is 0 Å². The molecule has 0 bridgehead atoms. The molecule has 0 aliphatic carbocycles. The van der Waals surface area contributed by atoms with Gasteiger partial charge in [0.2, 0.25) is 0 Å². The zero-order chi connectivity index (χ0) is 13.1. The Morgan fingerprint density at radius 3 is 2.84 bits per heavy atom. The quantitative estimate of drug-likeness (QED) is 0.896. The van der Waals surface area contributed by atoms with Crippen molar-refractivity contribution in [3.63, 3.8) is 0 Å². The van der Waals surface area contributed by atoms with Gasteiger partial charge in [0.25, 0.3) is 0 Å². The molecule has 1 heterocycles. The maximum absolute atomic E-state index is 11.7. The Bertz CT molecular complexity index is 639. The predicted molar refractivity (Wildman–Crippen MR) is 79.4 cm³/mol. The van der Waals surface area contributed by atoms with Gasteiger partial charge in [-0.3, -0.25) is 5.32 Å². The summed E-state index contributed by atoms with van der Waals surface area (Å²) in [4.78, 5) is 11.7. The van der Waals surface area contributed by atoms with Crippen LogP contribution in [0.15, 0.2) is 53.9 Å². The number of amides is 1. The van der Waals surface area contributed by atoms with Crippen LogP contribution in [0.5, 0.6) is 0 Å². The molecule has 4 heteroatoms. The lowest BCUT2D eigenvalue weighted by molar-refractivity contribution is 0.144. The van der Waals surface area contributed by atoms with E-state index >= 15 is 0 Å². The van der Waals surface area contributed by atoms with Crippen molar-refractivity contribution in [2.24, 2.45) is 0 Å². The number of benzene rings is 2. The lowest BCUT2D eigenvalue weighted by Crippen LogP contribution is -2.21. The van der Waals surface area contributed by atoms with Crippen LogP contribution in [0.25, 0.3) is 10.8 Å². The molecule has 0 saturated heterocycles. The van der Waals surface area contributed by atoms with Gasteiger partial charge in [-0.25, -0.2) is 4.79 Å². The van der Waals surface area contributed by atoms with Gasteiger partial charge in [-0.05, 0) is 34.4 Å². The molecule has 1 N–H and O–H groups in total. The van der Waals surface area contributed by atoms with Gasteiger partial charge in [-0.2, -0.15) is 0 Å². The molecular formula is C15H13NO2S. The number of ether oxygens (including phenoxy) is 1. The molecule has 1 aliphatic heterocycles. The fourth-order valence-corrected chi connectivity index (χ4v) is 2.74. The van der Waals surface area contributed by atoms with Crippen molar-refractivity contribution in [3.8, 4) is 0 Å². The summed E-state index contributed by atoms with van der Waals surface area (Å²) < 4.78 is 5.27. The molecule has 1 amide bonds. The standard InChI is InChI=1S/C15H13NO2S/c17-15(18-14-7-8-19-10-14)16-13-6-5-11-3-1-2-4-12(11)9-13/h1-9,14H,10H2,(H,16,17). The van der Waals surface area contributed by atoms with Gasteiger partial charge in [0.1, 0.15) is 6.10 Å². The van der Waals surface area contributed by atoms with Crippen LogP contribution < -0.4 is 5.32 Å². The highest BCUT2D eigenvalue weighted by Crippen LogP contribution is 2.20. The highest BCUT2D eigenvalue weighted by Gasteiger charge is 2.14. The minimum Gasteiger partial charge on any atom is -0.441 e. The Morgan fingerprint density at radius 2 is 2.05 bits per heavy atom. The van der Waals surface area contributed by atoms with E-state index in [1.165, 1.54) is 0 Å². The Kier molecular flexibility index (Phi) is 3.42. The molecule has 1 unspecified atom stereocenters. The molecule has 0 radical (unpaired) electrons. The minimum atomic E-state index is -0.410. The Morgan fingerprint density at radius 1 is 1.21 bits per heavy atom. The summed E-state index contributed by atoms with van der Waals surface area (Å²) in [6.45, 7) is 0. The normalized spacial score (nSPS) is 17.6. The van der Waals surface area contributed by atoms with Crippen LogP contribution in [-0.2, 0) is 4.74 Å². The Hall–Kier alpha value is -1.94. The van der Waals surface area contributed by atoms with Crippen molar-refractivity contribution in [1.82, 2.24) is 0 Å². The van der Waals surface area contributed by atoms with Crippen LogP contribution in [-0.4, -0.2) is 18.0 Å². The van der Waals surface area contributed by atoms with Gasteiger partial charge in [0, 0.05) is 11.4 Å². The van der Waals surface area contributed by atoms with Crippen LogP contribution in [0.1, 0.15) is 0 Å². The number of thioether (sulfide) groups is 1. The number of hydrogen-bond donors (Lipinski definition) is 1. The fraction of sp³-hybridized carbons (Fsp3) is 0.133. The monoisotopic (exact) mass is 271 g/mol. The average Bonchev–Trinajstić information content (AvgIpc) is 2.91. The molecule has 1 atom stereocenters. The molecule has 3 rings (SSSR count). The number of anilines is 1. The van der Waals surface area contributed by atoms with Gasteiger partial charge in [-0.15, -0.1) is 11.8 Å². The summed E-state index contributed by atoms with van der Waals surface area (Å²) in [5.41, 5.74) is 0.748. The number of fused-ring (bicyclic) bond motifs is 1. The molecule has 0 fully saturated rings. The maximum Gasteiger partial charge on any atom is 0.412 e. The van der Waals surface area contributed by atoms with Gasteiger partial charge in [-0.1, -0.05) is 30.3 Å². The van der Waals surface area contributed by atoms with Gasteiger partial charge in [0.05, 0.1) is 0 Å². The summed E-state index contributed by atoms with van der Waals surface area (Å²) in [6.07, 6.45) is 1.36. The van der Waals surface area contributed by atoms with E-state index in [4.69, 9.17) is 4.74 Å². The molecule has 96 valence electrons. The molecule has 2 aromatic rings. The number of carbonyl (C=O) groups is 1. The smallest absolute Gasteiger partial charge is 0.412 e. The summed E-state index contributed by atoms with van der Waals surface area (Å²) in [5.74, 6) is 0.797. The number of nitrogens with one attached hydrogen (secondary N) is 1. The molecule has 3 nitrogen and oxygen atoms in total. The van der Waals surface area contributed by atoms with Crippen molar-refractivity contribution < 1.29 is 9.53 Å². The molecule has 1 aliphatic rings. The van der Waals surface area contributed by atoms with Gasteiger partial charge >= 0.3 is 6.09 Å². The topological polar surface area (TPSA) is 38.3 Å². The van der Waals surface area contributed by atoms with Crippen LogP contribution in [0, 0.1) is 0 Å². The lowest BCUT2D eigenvalue weighted by atomic mass is 10.1. The Balaban J connectivity index is 1.70. The third-order valence-electron chi connectivity index (χ3n) is 2.90. The highest BCUT2D eigenvalue weighted by atomic mass is 32.2. The molecule has 0 saturated carbocycles. The predicted octanol–water partition coefficient (Wildman–Crippen LogP) is 4.02. The van der Waals surface area contributed by atoms with E-state index in [-0.39, 0.29) is 6.10 Å². The summed E-state index contributed by atoms with van der Waals surface area (Å²) in [5, 5.41) is 6.95. The second kappa shape index (κ2) is 5.36. The lowest BCUT2D eigenvalue weighted by Gasteiger charge is -2.11. The fourth-order valence-electron chi connectivity index (χ4n) is 1.97. The first-order valence-electron chi connectivity index (χ1n) is 6.06. The minimum absolute atomic E-state index is 0.120. The first kappa shape index (κ1) is 12.1. The van der Waals surface area contributed by atoms with Crippen molar-refractivity contribution in [2.75, 3.05) is 11.1 Å². The summed E-state index contributed by atoms with van der Waals surface area (Å²) in [6, 6.07) is 13.8. The zero-order valence-electron chi connectivity index (χ0n) is 10.2. The van der Waals surface area contributed by atoms with Gasteiger partial charge < -0.3 is 4.74 Å². The number of carbonyl (C=O) groups excluding carboxylic acids is 1. The van der Waals surface area contributed by atoms with Crippen LogP contribution >= 0.6 is 11.8 Å².